The van der Waals surface area contributed by atoms with Crippen LogP contribution in [0.3, 0.4) is 0 Å². The minimum Gasteiger partial charge on any atom is -0.489 e. The van der Waals surface area contributed by atoms with E-state index >= 15 is 0 Å². The number of cyclic esters (lactones) is 1. The van der Waals surface area contributed by atoms with Gasteiger partial charge < -0.3 is 9.47 Å². The van der Waals surface area contributed by atoms with Crippen LogP contribution >= 0.6 is 0 Å². The van der Waals surface area contributed by atoms with Crippen LogP contribution in [0.15, 0.2) is 90.5 Å². The minimum absolute atomic E-state index is 0.333. The Morgan fingerprint density at radius 1 is 0.893 bits per heavy atom. The molecule has 138 valence electrons. The van der Waals surface area contributed by atoms with Crippen LogP contribution in [-0.4, -0.2) is 5.97 Å². The maximum absolute atomic E-state index is 12.2. The first-order valence-corrected chi connectivity index (χ1v) is 9.17. The molecule has 28 heavy (non-hydrogen) atoms. The number of hydrogen-bond donors (Lipinski definition) is 0. The Morgan fingerprint density at radius 2 is 1.61 bits per heavy atom. The Hall–Kier alpha value is -3.59. The maximum Gasteiger partial charge on any atom is 0.343 e. The highest BCUT2D eigenvalue weighted by atomic mass is 16.5. The van der Waals surface area contributed by atoms with E-state index in [0.29, 0.717) is 17.9 Å². The van der Waals surface area contributed by atoms with Crippen LogP contribution in [0.4, 0.5) is 0 Å². The van der Waals surface area contributed by atoms with Crippen molar-refractivity contribution in [2.24, 2.45) is 0 Å². The highest BCUT2D eigenvalue weighted by Gasteiger charge is 2.21. The molecule has 0 atom stereocenters. The van der Waals surface area contributed by atoms with Gasteiger partial charge in [0.05, 0.1) is 5.57 Å². The standard InChI is InChI=1S/C25H20O3/c1-18-7-11-21(12-8-18)24-16-22(25(26)28-24)15-19-9-13-23(14-10-19)27-17-20-5-3-2-4-6-20/h2-16H,17H2,1H3/b22-15+. The predicted octanol–water partition coefficient (Wildman–Crippen LogP) is 5.56. The molecule has 0 saturated carbocycles. The van der Waals surface area contributed by atoms with Gasteiger partial charge in [0.2, 0.25) is 0 Å². The summed E-state index contributed by atoms with van der Waals surface area (Å²) in [5.74, 6) is 1.04. The fourth-order valence-corrected chi connectivity index (χ4v) is 2.93. The molecule has 0 unspecified atom stereocenters. The summed E-state index contributed by atoms with van der Waals surface area (Å²) in [6, 6.07) is 25.6. The largest absolute Gasteiger partial charge is 0.489 e. The quantitative estimate of drug-likeness (QED) is 0.437. The summed E-state index contributed by atoms with van der Waals surface area (Å²) in [7, 11) is 0. The van der Waals surface area contributed by atoms with Crippen molar-refractivity contribution in [3.05, 3.63) is 113 Å². The molecule has 0 bridgehead atoms. The Morgan fingerprint density at radius 3 is 2.32 bits per heavy atom. The summed E-state index contributed by atoms with van der Waals surface area (Å²) < 4.78 is 11.2. The SMILES string of the molecule is Cc1ccc(C2=C/C(=C\c3ccc(OCc4ccccc4)cc3)C(=O)O2)cc1. The van der Waals surface area contributed by atoms with Gasteiger partial charge in [-0.25, -0.2) is 4.79 Å². The van der Waals surface area contributed by atoms with Crippen LogP contribution in [0, 0.1) is 6.92 Å². The number of benzene rings is 3. The monoisotopic (exact) mass is 368 g/mol. The Labute approximate surface area is 164 Å². The highest BCUT2D eigenvalue weighted by Crippen LogP contribution is 2.28. The molecule has 3 heteroatoms. The minimum atomic E-state index is -0.333. The second-order valence-electron chi connectivity index (χ2n) is 6.71. The lowest BCUT2D eigenvalue weighted by Gasteiger charge is -2.06. The van der Waals surface area contributed by atoms with Crippen molar-refractivity contribution in [2.75, 3.05) is 0 Å². The van der Waals surface area contributed by atoms with Crippen LogP contribution in [0.25, 0.3) is 11.8 Å². The number of carbonyl (C=O) groups is 1. The topological polar surface area (TPSA) is 35.5 Å². The first kappa shape index (κ1) is 17.8. The number of hydrogen-bond acceptors (Lipinski definition) is 3. The molecule has 0 amide bonds. The molecule has 1 aliphatic rings. The average Bonchev–Trinajstić information content (AvgIpc) is 3.09. The smallest absolute Gasteiger partial charge is 0.343 e. The van der Waals surface area contributed by atoms with E-state index in [2.05, 4.69) is 0 Å². The van der Waals surface area contributed by atoms with E-state index in [1.165, 1.54) is 5.56 Å². The zero-order chi connectivity index (χ0) is 19.3. The summed E-state index contributed by atoms with van der Waals surface area (Å²) >= 11 is 0. The van der Waals surface area contributed by atoms with Crippen LogP contribution in [-0.2, 0) is 16.1 Å². The highest BCUT2D eigenvalue weighted by molar-refractivity contribution is 6.05. The van der Waals surface area contributed by atoms with Gasteiger partial charge in [0.1, 0.15) is 18.1 Å². The lowest BCUT2D eigenvalue weighted by atomic mass is 10.1. The number of aryl methyl sites for hydroxylation is 1. The van der Waals surface area contributed by atoms with Crippen molar-refractivity contribution in [3.63, 3.8) is 0 Å². The maximum atomic E-state index is 12.2. The zero-order valence-corrected chi connectivity index (χ0v) is 15.6. The summed E-state index contributed by atoms with van der Waals surface area (Å²) in [5, 5.41) is 0. The van der Waals surface area contributed by atoms with Gasteiger partial charge in [-0.05, 0) is 42.3 Å². The molecular weight excluding hydrogens is 348 g/mol. The van der Waals surface area contributed by atoms with Crippen molar-refractivity contribution in [1.29, 1.82) is 0 Å². The van der Waals surface area contributed by atoms with Gasteiger partial charge in [-0.1, -0.05) is 72.3 Å². The van der Waals surface area contributed by atoms with Gasteiger partial charge in [-0.3, -0.25) is 0 Å². The van der Waals surface area contributed by atoms with Gasteiger partial charge >= 0.3 is 5.97 Å². The van der Waals surface area contributed by atoms with Gasteiger partial charge in [-0.15, -0.1) is 0 Å². The molecule has 3 nitrogen and oxygen atoms in total. The van der Waals surface area contributed by atoms with Crippen molar-refractivity contribution in [2.45, 2.75) is 13.5 Å². The fourth-order valence-electron chi connectivity index (χ4n) is 2.93. The summed E-state index contributed by atoms with van der Waals surface area (Å²) in [6.45, 7) is 2.55. The van der Waals surface area contributed by atoms with Gasteiger partial charge in [0.15, 0.2) is 0 Å². The van der Waals surface area contributed by atoms with Crippen molar-refractivity contribution >= 4 is 17.8 Å². The third-order valence-corrected chi connectivity index (χ3v) is 4.51. The molecule has 1 heterocycles. The molecule has 3 aromatic carbocycles. The van der Waals surface area contributed by atoms with E-state index in [0.717, 1.165) is 22.4 Å². The normalized spacial score (nSPS) is 14.7. The van der Waals surface area contributed by atoms with Gasteiger partial charge in [0, 0.05) is 5.56 Å². The fraction of sp³-hybridized carbons (Fsp3) is 0.0800. The van der Waals surface area contributed by atoms with E-state index in [9.17, 15) is 4.79 Å². The molecule has 0 aliphatic carbocycles. The van der Waals surface area contributed by atoms with E-state index < -0.39 is 0 Å². The average molecular weight is 368 g/mol. The summed E-state index contributed by atoms with van der Waals surface area (Å²) in [4.78, 5) is 12.2. The van der Waals surface area contributed by atoms with E-state index in [-0.39, 0.29) is 5.97 Å². The molecule has 3 aromatic rings. The molecule has 0 aromatic heterocycles. The molecule has 0 radical (unpaired) electrons. The molecule has 1 aliphatic heterocycles. The van der Waals surface area contributed by atoms with E-state index in [4.69, 9.17) is 9.47 Å². The van der Waals surface area contributed by atoms with Crippen molar-refractivity contribution in [3.8, 4) is 5.75 Å². The van der Waals surface area contributed by atoms with Crippen LogP contribution < -0.4 is 4.74 Å². The van der Waals surface area contributed by atoms with Crippen molar-refractivity contribution in [1.82, 2.24) is 0 Å². The Bertz CT molecular complexity index is 1030. The molecule has 0 fully saturated rings. The summed E-state index contributed by atoms with van der Waals surface area (Å²) in [6.07, 6.45) is 3.61. The zero-order valence-electron chi connectivity index (χ0n) is 15.6. The number of ether oxygens (including phenoxy) is 2. The first-order chi connectivity index (χ1) is 13.7. The Kier molecular flexibility index (Phi) is 5.07. The third kappa shape index (κ3) is 4.21. The second-order valence-corrected chi connectivity index (χ2v) is 6.71. The number of rotatable bonds is 5. The molecule has 0 saturated heterocycles. The molecule has 0 N–H and O–H groups in total. The predicted molar refractivity (Wildman–Crippen MR) is 110 cm³/mol. The first-order valence-electron chi connectivity index (χ1n) is 9.17. The van der Waals surface area contributed by atoms with E-state index in [1.54, 1.807) is 6.08 Å². The molecule has 4 rings (SSSR count). The van der Waals surface area contributed by atoms with Gasteiger partial charge in [0.25, 0.3) is 0 Å². The van der Waals surface area contributed by atoms with Crippen LogP contribution in [0.5, 0.6) is 5.75 Å². The van der Waals surface area contributed by atoms with Gasteiger partial charge in [-0.2, -0.15) is 0 Å². The Balaban J connectivity index is 1.46. The van der Waals surface area contributed by atoms with E-state index in [1.807, 2.05) is 91.9 Å². The molecular formula is C25H20O3. The molecule has 0 spiro atoms. The summed E-state index contributed by atoms with van der Waals surface area (Å²) in [5.41, 5.74) is 4.64. The van der Waals surface area contributed by atoms with Crippen LogP contribution in [0.2, 0.25) is 0 Å². The number of carbonyl (C=O) groups excluding carboxylic acids is 1. The lowest BCUT2D eigenvalue weighted by molar-refractivity contribution is -0.130. The van der Waals surface area contributed by atoms with Crippen LogP contribution in [0.1, 0.15) is 22.3 Å². The second kappa shape index (κ2) is 7.97. The number of esters is 1. The third-order valence-electron chi connectivity index (χ3n) is 4.51. The lowest BCUT2D eigenvalue weighted by Crippen LogP contribution is -1.97. The van der Waals surface area contributed by atoms with Crippen molar-refractivity contribution < 1.29 is 14.3 Å².